The molecular formula is C20H25N3O2. The molecule has 0 atom stereocenters. The lowest BCUT2D eigenvalue weighted by atomic mass is 10.1. The molecule has 132 valence electrons. The average Bonchev–Trinajstić information content (AvgIpc) is 2.90. The molecule has 3 rings (SSSR count). The Balaban J connectivity index is 1.65. The minimum atomic E-state index is 0.678. The van der Waals surface area contributed by atoms with Gasteiger partial charge in [-0.1, -0.05) is 31.2 Å². The lowest BCUT2D eigenvalue weighted by Gasteiger charge is -2.15. The molecule has 2 aromatic carbocycles. The zero-order chi connectivity index (χ0) is 17.5. The summed E-state index contributed by atoms with van der Waals surface area (Å²) in [6.07, 6.45) is 1.92. The van der Waals surface area contributed by atoms with Gasteiger partial charge in [0.1, 0.15) is 0 Å². The number of rotatable bonds is 4. The first-order chi connectivity index (χ1) is 12.3. The monoisotopic (exact) mass is 339 g/mol. The Morgan fingerprint density at radius 1 is 1.04 bits per heavy atom. The van der Waals surface area contributed by atoms with Crippen LogP contribution in [0.5, 0.6) is 11.5 Å². The lowest BCUT2D eigenvalue weighted by molar-refractivity contribution is 0.297. The van der Waals surface area contributed by atoms with Crippen LogP contribution in [-0.2, 0) is 13.0 Å². The van der Waals surface area contributed by atoms with Gasteiger partial charge in [-0.3, -0.25) is 4.99 Å². The maximum Gasteiger partial charge on any atom is 0.195 e. The van der Waals surface area contributed by atoms with E-state index in [1.54, 1.807) is 7.05 Å². The number of aryl methyl sites for hydroxylation is 1. The first-order valence-corrected chi connectivity index (χ1v) is 8.74. The molecule has 0 radical (unpaired) electrons. The fourth-order valence-corrected chi connectivity index (χ4v) is 2.81. The van der Waals surface area contributed by atoms with Gasteiger partial charge in [0, 0.05) is 31.8 Å². The molecule has 0 spiro atoms. The molecule has 5 heteroatoms. The third-order valence-corrected chi connectivity index (χ3v) is 4.18. The van der Waals surface area contributed by atoms with E-state index in [4.69, 9.17) is 9.47 Å². The van der Waals surface area contributed by atoms with Crippen molar-refractivity contribution < 1.29 is 9.47 Å². The van der Waals surface area contributed by atoms with Crippen LogP contribution >= 0.6 is 0 Å². The minimum absolute atomic E-state index is 0.678. The van der Waals surface area contributed by atoms with Crippen molar-refractivity contribution >= 4 is 11.6 Å². The van der Waals surface area contributed by atoms with Crippen molar-refractivity contribution in [3.8, 4) is 11.5 Å². The molecule has 1 aliphatic rings. The van der Waals surface area contributed by atoms with Crippen molar-refractivity contribution in [3.63, 3.8) is 0 Å². The highest BCUT2D eigenvalue weighted by atomic mass is 16.5. The molecule has 1 aliphatic heterocycles. The van der Waals surface area contributed by atoms with E-state index in [0.717, 1.165) is 42.5 Å². The predicted octanol–water partition coefficient (Wildman–Crippen LogP) is 3.60. The SMILES string of the molecule is CCc1ccccc1CNC(=NC)Nc1ccc2c(c1)OCCCO2. The Morgan fingerprint density at radius 3 is 2.56 bits per heavy atom. The topological polar surface area (TPSA) is 54.9 Å². The van der Waals surface area contributed by atoms with Crippen LogP contribution in [0.3, 0.4) is 0 Å². The molecule has 2 aromatic rings. The number of aliphatic imine (C=N–C) groups is 1. The Bertz CT molecular complexity index is 743. The van der Waals surface area contributed by atoms with Crippen LogP contribution in [0.1, 0.15) is 24.5 Å². The van der Waals surface area contributed by atoms with Gasteiger partial charge in [0.05, 0.1) is 13.2 Å². The van der Waals surface area contributed by atoms with Crippen molar-refractivity contribution in [1.29, 1.82) is 0 Å². The van der Waals surface area contributed by atoms with Gasteiger partial charge in [-0.05, 0) is 29.7 Å². The number of ether oxygens (including phenoxy) is 2. The fraction of sp³-hybridized carbons (Fsp3) is 0.350. The zero-order valence-electron chi connectivity index (χ0n) is 14.8. The van der Waals surface area contributed by atoms with Crippen molar-refractivity contribution in [2.24, 2.45) is 4.99 Å². The molecule has 2 N–H and O–H groups in total. The number of hydrogen-bond acceptors (Lipinski definition) is 3. The van der Waals surface area contributed by atoms with Crippen LogP contribution in [-0.4, -0.2) is 26.2 Å². The standard InChI is InChI=1S/C20H25N3O2/c1-3-15-7-4-5-8-16(15)14-22-20(21-2)23-17-9-10-18-19(13-17)25-12-6-11-24-18/h4-5,7-10,13H,3,6,11-12,14H2,1-2H3,(H2,21,22,23). The van der Waals surface area contributed by atoms with Gasteiger partial charge < -0.3 is 20.1 Å². The average molecular weight is 339 g/mol. The summed E-state index contributed by atoms with van der Waals surface area (Å²) in [7, 11) is 1.77. The smallest absolute Gasteiger partial charge is 0.195 e. The molecule has 0 saturated heterocycles. The van der Waals surface area contributed by atoms with Crippen LogP contribution in [0.4, 0.5) is 5.69 Å². The van der Waals surface area contributed by atoms with Gasteiger partial charge in [-0.2, -0.15) is 0 Å². The highest BCUT2D eigenvalue weighted by molar-refractivity contribution is 5.93. The van der Waals surface area contributed by atoms with E-state index in [1.807, 2.05) is 18.2 Å². The molecular weight excluding hydrogens is 314 g/mol. The summed E-state index contributed by atoms with van der Waals surface area (Å²) in [5.74, 6) is 2.29. The van der Waals surface area contributed by atoms with Crippen molar-refractivity contribution in [2.75, 3.05) is 25.6 Å². The Kier molecular flexibility index (Phi) is 5.77. The van der Waals surface area contributed by atoms with E-state index in [-0.39, 0.29) is 0 Å². The third kappa shape index (κ3) is 4.44. The van der Waals surface area contributed by atoms with E-state index < -0.39 is 0 Å². The number of hydrogen-bond donors (Lipinski definition) is 2. The normalized spacial score (nSPS) is 13.9. The van der Waals surface area contributed by atoms with Crippen LogP contribution < -0.4 is 20.1 Å². The fourth-order valence-electron chi connectivity index (χ4n) is 2.81. The van der Waals surface area contributed by atoms with Crippen LogP contribution in [0.25, 0.3) is 0 Å². The van der Waals surface area contributed by atoms with Gasteiger partial charge in [-0.15, -0.1) is 0 Å². The number of nitrogens with one attached hydrogen (secondary N) is 2. The number of anilines is 1. The first-order valence-electron chi connectivity index (χ1n) is 8.74. The van der Waals surface area contributed by atoms with Crippen LogP contribution in [0, 0.1) is 0 Å². The predicted molar refractivity (Wildman–Crippen MR) is 102 cm³/mol. The summed E-state index contributed by atoms with van der Waals surface area (Å²) < 4.78 is 11.4. The van der Waals surface area contributed by atoms with Crippen LogP contribution in [0.2, 0.25) is 0 Å². The highest BCUT2D eigenvalue weighted by Crippen LogP contribution is 2.32. The molecule has 0 aromatic heterocycles. The second-order valence-corrected chi connectivity index (χ2v) is 5.89. The van der Waals surface area contributed by atoms with Gasteiger partial charge >= 0.3 is 0 Å². The van der Waals surface area contributed by atoms with Crippen LogP contribution in [0.15, 0.2) is 47.5 Å². The number of fused-ring (bicyclic) bond motifs is 1. The molecule has 0 amide bonds. The quantitative estimate of drug-likeness (QED) is 0.660. The Labute approximate surface area is 149 Å². The molecule has 0 saturated carbocycles. The molecule has 0 aliphatic carbocycles. The van der Waals surface area contributed by atoms with E-state index in [9.17, 15) is 0 Å². The minimum Gasteiger partial charge on any atom is -0.490 e. The molecule has 0 fully saturated rings. The Morgan fingerprint density at radius 2 is 1.80 bits per heavy atom. The molecule has 0 bridgehead atoms. The van der Waals surface area contributed by atoms with Crippen molar-refractivity contribution in [1.82, 2.24) is 5.32 Å². The summed E-state index contributed by atoms with van der Waals surface area (Å²) in [4.78, 5) is 4.31. The maximum absolute atomic E-state index is 5.74. The van der Waals surface area contributed by atoms with E-state index in [2.05, 4.69) is 46.8 Å². The molecule has 0 unspecified atom stereocenters. The third-order valence-electron chi connectivity index (χ3n) is 4.18. The lowest BCUT2D eigenvalue weighted by Crippen LogP contribution is -2.30. The summed E-state index contributed by atoms with van der Waals surface area (Å²) in [5.41, 5.74) is 3.55. The van der Waals surface area contributed by atoms with Crippen molar-refractivity contribution in [3.05, 3.63) is 53.6 Å². The van der Waals surface area contributed by atoms with Gasteiger partial charge in [-0.25, -0.2) is 0 Å². The van der Waals surface area contributed by atoms with E-state index in [1.165, 1.54) is 11.1 Å². The second-order valence-electron chi connectivity index (χ2n) is 5.89. The maximum atomic E-state index is 5.74. The Hall–Kier alpha value is -2.69. The van der Waals surface area contributed by atoms with Gasteiger partial charge in [0.2, 0.25) is 0 Å². The summed E-state index contributed by atoms with van der Waals surface area (Å²) in [6.45, 7) is 4.27. The summed E-state index contributed by atoms with van der Waals surface area (Å²) >= 11 is 0. The zero-order valence-corrected chi connectivity index (χ0v) is 14.8. The summed E-state index contributed by atoms with van der Waals surface area (Å²) in [5, 5.41) is 6.68. The highest BCUT2D eigenvalue weighted by Gasteiger charge is 2.11. The van der Waals surface area contributed by atoms with Crippen molar-refractivity contribution in [2.45, 2.75) is 26.3 Å². The molecule has 1 heterocycles. The molecule has 5 nitrogen and oxygen atoms in total. The summed E-state index contributed by atoms with van der Waals surface area (Å²) in [6, 6.07) is 14.3. The first kappa shape index (κ1) is 17.1. The largest absolute Gasteiger partial charge is 0.490 e. The van der Waals surface area contributed by atoms with E-state index >= 15 is 0 Å². The van der Waals surface area contributed by atoms with Gasteiger partial charge in [0.15, 0.2) is 17.5 Å². The van der Waals surface area contributed by atoms with Gasteiger partial charge in [0.25, 0.3) is 0 Å². The number of benzene rings is 2. The number of nitrogens with zero attached hydrogens (tertiary/aromatic N) is 1. The number of guanidine groups is 1. The second kappa shape index (κ2) is 8.42. The van der Waals surface area contributed by atoms with E-state index in [0.29, 0.717) is 13.2 Å². The molecule has 25 heavy (non-hydrogen) atoms.